The number of hydrogen-bond acceptors (Lipinski definition) is 2. The van der Waals surface area contributed by atoms with Crippen LogP contribution in [0.4, 0.5) is 0 Å². The monoisotopic (exact) mass is 311 g/mol. The van der Waals surface area contributed by atoms with E-state index in [1.165, 1.54) is 19.4 Å². The SMILES string of the molecule is CCN1CCC[C@@H]1[C@@H]1CCCN1C(=O)c1ccc2cc[nH]c2c1. The van der Waals surface area contributed by atoms with Crippen molar-refractivity contribution in [1.82, 2.24) is 14.8 Å². The van der Waals surface area contributed by atoms with E-state index in [0.717, 1.165) is 42.4 Å². The molecule has 2 aromatic rings. The van der Waals surface area contributed by atoms with Gasteiger partial charge in [0, 0.05) is 35.9 Å². The summed E-state index contributed by atoms with van der Waals surface area (Å²) in [5, 5.41) is 1.16. The second-order valence-corrected chi connectivity index (χ2v) is 6.83. The highest BCUT2D eigenvalue weighted by molar-refractivity contribution is 5.98. The minimum Gasteiger partial charge on any atom is -0.361 e. The van der Waals surface area contributed by atoms with Gasteiger partial charge in [-0.3, -0.25) is 9.69 Å². The summed E-state index contributed by atoms with van der Waals surface area (Å²) < 4.78 is 0. The van der Waals surface area contributed by atoms with E-state index in [9.17, 15) is 4.79 Å². The van der Waals surface area contributed by atoms with Gasteiger partial charge in [0.25, 0.3) is 5.91 Å². The summed E-state index contributed by atoms with van der Waals surface area (Å²) in [7, 11) is 0. The number of likely N-dealkylation sites (N-methyl/N-ethyl adjacent to an activating group) is 1. The van der Waals surface area contributed by atoms with Crippen LogP contribution < -0.4 is 0 Å². The molecule has 4 nitrogen and oxygen atoms in total. The van der Waals surface area contributed by atoms with Gasteiger partial charge in [0.2, 0.25) is 0 Å². The molecule has 4 heteroatoms. The third kappa shape index (κ3) is 2.55. The molecule has 0 radical (unpaired) electrons. The summed E-state index contributed by atoms with van der Waals surface area (Å²) >= 11 is 0. The van der Waals surface area contributed by atoms with Crippen molar-refractivity contribution in [3.63, 3.8) is 0 Å². The molecule has 23 heavy (non-hydrogen) atoms. The Bertz CT molecular complexity index is 707. The first-order chi connectivity index (χ1) is 11.3. The number of likely N-dealkylation sites (tertiary alicyclic amines) is 2. The second-order valence-electron chi connectivity index (χ2n) is 6.83. The van der Waals surface area contributed by atoms with E-state index in [-0.39, 0.29) is 5.91 Å². The molecular weight excluding hydrogens is 286 g/mol. The van der Waals surface area contributed by atoms with Crippen molar-refractivity contribution in [2.45, 2.75) is 44.7 Å². The molecule has 2 aliphatic rings. The van der Waals surface area contributed by atoms with Crippen molar-refractivity contribution in [1.29, 1.82) is 0 Å². The summed E-state index contributed by atoms with van der Waals surface area (Å²) in [5.41, 5.74) is 1.86. The van der Waals surface area contributed by atoms with Gasteiger partial charge in [-0.1, -0.05) is 13.0 Å². The first-order valence-electron chi connectivity index (χ1n) is 8.90. The number of carbonyl (C=O) groups is 1. The van der Waals surface area contributed by atoms with Crippen molar-refractivity contribution in [3.05, 3.63) is 36.0 Å². The van der Waals surface area contributed by atoms with Crippen LogP contribution >= 0.6 is 0 Å². The molecular formula is C19H25N3O. The molecule has 3 heterocycles. The molecule has 122 valence electrons. The number of fused-ring (bicyclic) bond motifs is 1. The lowest BCUT2D eigenvalue weighted by Crippen LogP contribution is -2.48. The Hall–Kier alpha value is -1.81. The van der Waals surface area contributed by atoms with Crippen LogP contribution in [0.3, 0.4) is 0 Å². The minimum absolute atomic E-state index is 0.201. The Labute approximate surface area is 137 Å². The lowest BCUT2D eigenvalue weighted by atomic mass is 10.0. The number of aromatic nitrogens is 1. The first-order valence-corrected chi connectivity index (χ1v) is 8.90. The Morgan fingerprint density at radius 1 is 1.17 bits per heavy atom. The molecule has 1 N–H and O–H groups in total. The van der Waals surface area contributed by atoms with E-state index in [1.54, 1.807) is 0 Å². The summed E-state index contributed by atoms with van der Waals surface area (Å²) in [4.78, 5) is 21.0. The number of carbonyl (C=O) groups excluding carboxylic acids is 1. The fraction of sp³-hybridized carbons (Fsp3) is 0.526. The van der Waals surface area contributed by atoms with E-state index in [1.807, 2.05) is 30.5 Å². The van der Waals surface area contributed by atoms with Gasteiger partial charge in [-0.15, -0.1) is 0 Å². The van der Waals surface area contributed by atoms with Crippen LogP contribution in [0.15, 0.2) is 30.5 Å². The predicted molar refractivity (Wildman–Crippen MR) is 92.6 cm³/mol. The number of nitrogens with one attached hydrogen (secondary N) is 1. The second kappa shape index (κ2) is 6.00. The number of rotatable bonds is 3. The smallest absolute Gasteiger partial charge is 0.254 e. The lowest BCUT2D eigenvalue weighted by Gasteiger charge is -2.34. The minimum atomic E-state index is 0.201. The predicted octanol–water partition coefficient (Wildman–Crippen LogP) is 3.26. The third-order valence-corrected chi connectivity index (χ3v) is 5.63. The lowest BCUT2D eigenvalue weighted by molar-refractivity contribution is 0.0650. The normalized spacial score (nSPS) is 25.5. The van der Waals surface area contributed by atoms with Crippen molar-refractivity contribution in [2.75, 3.05) is 19.6 Å². The van der Waals surface area contributed by atoms with E-state index >= 15 is 0 Å². The maximum Gasteiger partial charge on any atom is 0.254 e. The number of benzene rings is 1. The summed E-state index contributed by atoms with van der Waals surface area (Å²) in [6.07, 6.45) is 6.71. The van der Waals surface area contributed by atoms with Crippen LogP contribution in [-0.2, 0) is 0 Å². The standard InChI is InChI=1S/C19H25N3O/c1-2-21-11-3-5-17(21)18-6-4-12-22(18)19(23)15-8-7-14-9-10-20-16(14)13-15/h7-10,13,17-18,20H,2-6,11-12H2,1H3/t17-,18+/m1/s1. The van der Waals surface area contributed by atoms with Gasteiger partial charge in [-0.05, 0) is 62.4 Å². The quantitative estimate of drug-likeness (QED) is 0.945. The van der Waals surface area contributed by atoms with Crippen LogP contribution in [0.25, 0.3) is 10.9 Å². The Kier molecular flexibility index (Phi) is 3.85. The molecule has 2 atom stereocenters. The zero-order chi connectivity index (χ0) is 15.8. The molecule has 2 saturated heterocycles. The van der Waals surface area contributed by atoms with Crippen LogP contribution in [0.1, 0.15) is 43.0 Å². The van der Waals surface area contributed by atoms with Crippen LogP contribution in [0.5, 0.6) is 0 Å². The zero-order valence-corrected chi connectivity index (χ0v) is 13.8. The van der Waals surface area contributed by atoms with E-state index in [4.69, 9.17) is 0 Å². The van der Waals surface area contributed by atoms with Gasteiger partial charge >= 0.3 is 0 Å². The van der Waals surface area contributed by atoms with Crippen molar-refractivity contribution >= 4 is 16.8 Å². The van der Waals surface area contributed by atoms with Crippen LogP contribution in [-0.4, -0.2) is 52.4 Å². The molecule has 0 aliphatic carbocycles. The van der Waals surface area contributed by atoms with Crippen molar-refractivity contribution in [2.24, 2.45) is 0 Å². The van der Waals surface area contributed by atoms with Gasteiger partial charge in [0.05, 0.1) is 0 Å². The summed E-state index contributed by atoms with van der Waals surface area (Å²) in [6, 6.07) is 9.00. The van der Waals surface area contributed by atoms with Crippen molar-refractivity contribution < 1.29 is 4.79 Å². The molecule has 0 bridgehead atoms. The van der Waals surface area contributed by atoms with Gasteiger partial charge < -0.3 is 9.88 Å². The topological polar surface area (TPSA) is 39.3 Å². The summed E-state index contributed by atoms with van der Waals surface area (Å²) in [6.45, 7) is 5.42. The van der Waals surface area contributed by atoms with E-state index < -0.39 is 0 Å². The molecule has 1 amide bonds. The Morgan fingerprint density at radius 3 is 2.87 bits per heavy atom. The van der Waals surface area contributed by atoms with E-state index in [2.05, 4.69) is 21.7 Å². The number of amides is 1. The van der Waals surface area contributed by atoms with Crippen LogP contribution in [0, 0.1) is 0 Å². The molecule has 1 aromatic heterocycles. The number of aromatic amines is 1. The average Bonchev–Trinajstić information content (AvgIpc) is 3.30. The molecule has 0 spiro atoms. The van der Waals surface area contributed by atoms with Crippen molar-refractivity contribution in [3.8, 4) is 0 Å². The fourth-order valence-corrected chi connectivity index (χ4v) is 4.47. The number of nitrogens with zero attached hydrogens (tertiary/aromatic N) is 2. The molecule has 0 unspecified atom stereocenters. The summed E-state index contributed by atoms with van der Waals surface area (Å²) in [5.74, 6) is 0.201. The number of hydrogen-bond donors (Lipinski definition) is 1. The molecule has 1 aromatic carbocycles. The van der Waals surface area contributed by atoms with Crippen LogP contribution in [0.2, 0.25) is 0 Å². The molecule has 2 fully saturated rings. The molecule has 2 aliphatic heterocycles. The van der Waals surface area contributed by atoms with Gasteiger partial charge in [-0.2, -0.15) is 0 Å². The van der Waals surface area contributed by atoms with Gasteiger partial charge in [-0.25, -0.2) is 0 Å². The average molecular weight is 311 g/mol. The molecule has 4 rings (SSSR count). The van der Waals surface area contributed by atoms with E-state index in [0.29, 0.717) is 12.1 Å². The highest BCUT2D eigenvalue weighted by Crippen LogP contribution is 2.31. The van der Waals surface area contributed by atoms with Gasteiger partial charge in [0.15, 0.2) is 0 Å². The zero-order valence-electron chi connectivity index (χ0n) is 13.8. The Morgan fingerprint density at radius 2 is 2.00 bits per heavy atom. The Balaban J connectivity index is 1.59. The molecule has 0 saturated carbocycles. The third-order valence-electron chi connectivity index (χ3n) is 5.63. The maximum absolute atomic E-state index is 13.1. The fourth-order valence-electron chi connectivity index (χ4n) is 4.47. The first kappa shape index (κ1) is 14.8. The maximum atomic E-state index is 13.1. The van der Waals surface area contributed by atoms with Gasteiger partial charge in [0.1, 0.15) is 0 Å². The number of H-pyrrole nitrogens is 1. The highest BCUT2D eigenvalue weighted by Gasteiger charge is 2.39. The highest BCUT2D eigenvalue weighted by atomic mass is 16.2. The largest absolute Gasteiger partial charge is 0.361 e.